The van der Waals surface area contributed by atoms with Crippen LogP contribution >= 0.6 is 0 Å². The summed E-state index contributed by atoms with van der Waals surface area (Å²) in [6, 6.07) is 2.08. The maximum atomic E-state index is 5.24. The lowest BCUT2D eigenvalue weighted by Gasteiger charge is -2.26. The van der Waals surface area contributed by atoms with E-state index in [0.29, 0.717) is 35.0 Å². The molecule has 0 amide bonds. The van der Waals surface area contributed by atoms with Crippen LogP contribution in [0, 0.1) is 6.92 Å². The van der Waals surface area contributed by atoms with Crippen molar-refractivity contribution in [1.82, 2.24) is 40.4 Å². The molecule has 1 N–H and O–H groups in total. The summed E-state index contributed by atoms with van der Waals surface area (Å²) >= 11 is 0. The minimum Gasteiger partial charge on any atom is -0.332 e. The molecule has 1 saturated heterocycles. The molecule has 4 rings (SSSR count). The van der Waals surface area contributed by atoms with E-state index in [1.165, 1.54) is 0 Å². The molecule has 0 atom stereocenters. The Labute approximate surface area is 119 Å². The molecule has 1 aliphatic heterocycles. The van der Waals surface area contributed by atoms with E-state index in [1.54, 1.807) is 12.3 Å². The third kappa shape index (κ3) is 2.17. The molecule has 21 heavy (non-hydrogen) atoms. The van der Waals surface area contributed by atoms with Gasteiger partial charge in [0.2, 0.25) is 5.82 Å². The van der Waals surface area contributed by atoms with Crippen molar-refractivity contribution in [2.24, 2.45) is 0 Å². The standard InChI is InChI=1S/C12H12N8O/c1-7-14-3-2-9(15-7)11-16-12(21-18-11)10-6-20(19-17-10)8-4-13-5-8/h2-3,6,8,13H,4-5H2,1H3. The largest absolute Gasteiger partial charge is 0.332 e. The SMILES string of the molecule is Cc1nccc(-c2noc(-c3cn(C4CNC4)nn3)n2)n1. The smallest absolute Gasteiger partial charge is 0.280 e. The number of rotatable bonds is 3. The van der Waals surface area contributed by atoms with Crippen molar-refractivity contribution in [1.29, 1.82) is 0 Å². The van der Waals surface area contributed by atoms with E-state index in [1.807, 2.05) is 17.8 Å². The number of nitrogens with zero attached hydrogens (tertiary/aromatic N) is 7. The summed E-state index contributed by atoms with van der Waals surface area (Å²) in [7, 11) is 0. The van der Waals surface area contributed by atoms with Crippen molar-refractivity contribution in [2.75, 3.05) is 13.1 Å². The lowest BCUT2D eigenvalue weighted by molar-refractivity contribution is 0.313. The third-order valence-electron chi connectivity index (χ3n) is 3.29. The van der Waals surface area contributed by atoms with E-state index in [9.17, 15) is 0 Å². The number of hydrogen-bond acceptors (Lipinski definition) is 8. The van der Waals surface area contributed by atoms with E-state index in [0.717, 1.165) is 13.1 Å². The number of aromatic nitrogens is 7. The van der Waals surface area contributed by atoms with E-state index in [-0.39, 0.29) is 0 Å². The minimum atomic E-state index is 0.333. The molecule has 0 unspecified atom stereocenters. The van der Waals surface area contributed by atoms with Crippen molar-refractivity contribution < 1.29 is 4.52 Å². The summed E-state index contributed by atoms with van der Waals surface area (Å²) in [5, 5.41) is 15.3. The molecule has 3 aromatic heterocycles. The lowest BCUT2D eigenvalue weighted by Crippen LogP contribution is -2.43. The molecular formula is C12H12N8O. The Morgan fingerprint density at radius 1 is 1.29 bits per heavy atom. The van der Waals surface area contributed by atoms with E-state index >= 15 is 0 Å². The fraction of sp³-hybridized carbons (Fsp3) is 0.333. The molecular weight excluding hydrogens is 272 g/mol. The highest BCUT2D eigenvalue weighted by Crippen LogP contribution is 2.20. The summed E-state index contributed by atoms with van der Waals surface area (Å²) in [6.45, 7) is 3.61. The Bertz CT molecular complexity index is 775. The van der Waals surface area contributed by atoms with Gasteiger partial charge in [0.15, 0.2) is 5.69 Å². The van der Waals surface area contributed by atoms with Gasteiger partial charge < -0.3 is 9.84 Å². The summed E-state index contributed by atoms with van der Waals surface area (Å²) < 4.78 is 7.05. The maximum Gasteiger partial charge on any atom is 0.280 e. The molecule has 1 fully saturated rings. The second-order valence-corrected chi connectivity index (χ2v) is 4.81. The molecule has 0 aliphatic carbocycles. The zero-order valence-electron chi connectivity index (χ0n) is 11.3. The van der Waals surface area contributed by atoms with Crippen LogP contribution in [-0.2, 0) is 0 Å². The third-order valence-corrected chi connectivity index (χ3v) is 3.29. The Hall–Kier alpha value is -2.68. The summed E-state index contributed by atoms with van der Waals surface area (Å²) in [5.74, 6) is 1.40. The molecule has 0 bridgehead atoms. The fourth-order valence-electron chi connectivity index (χ4n) is 2.03. The second-order valence-electron chi connectivity index (χ2n) is 4.81. The van der Waals surface area contributed by atoms with Crippen LogP contribution in [0.4, 0.5) is 0 Å². The van der Waals surface area contributed by atoms with Crippen molar-refractivity contribution in [2.45, 2.75) is 13.0 Å². The Kier molecular flexibility index (Phi) is 2.71. The van der Waals surface area contributed by atoms with Crippen LogP contribution in [0.15, 0.2) is 23.0 Å². The topological polar surface area (TPSA) is 107 Å². The normalized spacial score (nSPS) is 15.1. The zero-order valence-corrected chi connectivity index (χ0v) is 11.3. The number of aryl methyl sites for hydroxylation is 1. The monoisotopic (exact) mass is 284 g/mol. The Balaban J connectivity index is 1.63. The van der Waals surface area contributed by atoms with Crippen LogP contribution in [0.25, 0.3) is 23.1 Å². The van der Waals surface area contributed by atoms with Crippen LogP contribution in [0.5, 0.6) is 0 Å². The summed E-state index contributed by atoms with van der Waals surface area (Å²) in [5.41, 5.74) is 1.18. The molecule has 9 heteroatoms. The van der Waals surface area contributed by atoms with Gasteiger partial charge in [-0.3, -0.25) is 0 Å². The summed E-state index contributed by atoms with van der Waals surface area (Å²) in [4.78, 5) is 12.6. The average Bonchev–Trinajstić information content (AvgIpc) is 3.05. The van der Waals surface area contributed by atoms with Crippen LogP contribution in [0.3, 0.4) is 0 Å². The van der Waals surface area contributed by atoms with Crippen molar-refractivity contribution in [3.63, 3.8) is 0 Å². The van der Waals surface area contributed by atoms with E-state index in [2.05, 4.69) is 35.7 Å². The van der Waals surface area contributed by atoms with Gasteiger partial charge >= 0.3 is 0 Å². The van der Waals surface area contributed by atoms with Crippen molar-refractivity contribution in [3.8, 4) is 23.1 Å². The van der Waals surface area contributed by atoms with Gasteiger partial charge in [0.25, 0.3) is 5.89 Å². The molecule has 0 aromatic carbocycles. The van der Waals surface area contributed by atoms with Gasteiger partial charge in [-0.15, -0.1) is 5.10 Å². The van der Waals surface area contributed by atoms with E-state index in [4.69, 9.17) is 4.52 Å². The maximum absolute atomic E-state index is 5.24. The highest BCUT2D eigenvalue weighted by Gasteiger charge is 2.22. The molecule has 4 heterocycles. The molecule has 1 aliphatic rings. The van der Waals surface area contributed by atoms with E-state index < -0.39 is 0 Å². The number of hydrogen-bond donors (Lipinski definition) is 1. The first kappa shape index (κ1) is 12.1. The first-order valence-corrected chi connectivity index (χ1v) is 6.56. The van der Waals surface area contributed by atoms with Crippen LogP contribution < -0.4 is 5.32 Å². The Morgan fingerprint density at radius 3 is 2.95 bits per heavy atom. The van der Waals surface area contributed by atoms with Crippen molar-refractivity contribution >= 4 is 0 Å². The first-order chi connectivity index (χ1) is 10.3. The zero-order chi connectivity index (χ0) is 14.2. The predicted octanol–water partition coefficient (Wildman–Crippen LogP) is 0.238. The fourth-order valence-corrected chi connectivity index (χ4v) is 2.03. The lowest BCUT2D eigenvalue weighted by atomic mass is 10.2. The molecule has 3 aromatic rings. The summed E-state index contributed by atoms with van der Waals surface area (Å²) in [6.07, 6.45) is 3.47. The molecule has 9 nitrogen and oxygen atoms in total. The quantitative estimate of drug-likeness (QED) is 0.728. The predicted molar refractivity (Wildman–Crippen MR) is 71.0 cm³/mol. The minimum absolute atomic E-state index is 0.333. The molecule has 0 spiro atoms. The highest BCUT2D eigenvalue weighted by molar-refractivity contribution is 5.52. The average molecular weight is 284 g/mol. The first-order valence-electron chi connectivity index (χ1n) is 6.56. The number of nitrogens with one attached hydrogen (secondary N) is 1. The second kappa shape index (κ2) is 4.70. The molecule has 106 valence electrons. The molecule has 0 saturated carbocycles. The van der Waals surface area contributed by atoms with Gasteiger partial charge in [-0.25, -0.2) is 14.6 Å². The van der Waals surface area contributed by atoms with Crippen LogP contribution in [0.2, 0.25) is 0 Å². The van der Waals surface area contributed by atoms with Crippen LogP contribution in [0.1, 0.15) is 11.9 Å². The van der Waals surface area contributed by atoms with Crippen LogP contribution in [-0.4, -0.2) is 48.2 Å². The van der Waals surface area contributed by atoms with Gasteiger partial charge in [0.05, 0.1) is 12.2 Å². The highest BCUT2D eigenvalue weighted by atomic mass is 16.5. The molecule has 0 radical (unpaired) electrons. The van der Waals surface area contributed by atoms with Gasteiger partial charge in [0, 0.05) is 19.3 Å². The van der Waals surface area contributed by atoms with Crippen molar-refractivity contribution in [3.05, 3.63) is 24.3 Å². The Morgan fingerprint density at radius 2 is 2.19 bits per heavy atom. The van der Waals surface area contributed by atoms with Gasteiger partial charge in [-0.2, -0.15) is 4.98 Å². The van der Waals surface area contributed by atoms with Gasteiger partial charge in [-0.1, -0.05) is 10.4 Å². The van der Waals surface area contributed by atoms with Gasteiger partial charge in [0.1, 0.15) is 11.5 Å². The van der Waals surface area contributed by atoms with Gasteiger partial charge in [-0.05, 0) is 13.0 Å².